The first kappa shape index (κ1) is 12.8. The topological polar surface area (TPSA) is 67.6 Å². The Morgan fingerprint density at radius 1 is 1.61 bits per heavy atom. The van der Waals surface area contributed by atoms with Gasteiger partial charge in [0.25, 0.3) is 0 Å². The minimum absolute atomic E-state index is 0.0890. The number of carbonyl (C=O) groups excluding carboxylic acids is 1. The molecule has 1 fully saturated rings. The first-order valence-electron chi connectivity index (χ1n) is 5.74. The lowest BCUT2D eigenvalue weighted by atomic mass is 10.2. The number of nitrogens with two attached hydrogens (primary N) is 1. The monoisotopic (exact) mass is 269 g/mol. The van der Waals surface area contributed by atoms with Gasteiger partial charge in [-0.05, 0) is 24.6 Å². The molecule has 1 heterocycles. The van der Waals surface area contributed by atoms with Gasteiger partial charge in [0, 0.05) is 18.8 Å². The zero-order valence-corrected chi connectivity index (χ0v) is 10.9. The van der Waals surface area contributed by atoms with Crippen LogP contribution in [0.3, 0.4) is 0 Å². The van der Waals surface area contributed by atoms with Crippen LogP contribution in [-0.2, 0) is 4.74 Å². The molecule has 6 heteroatoms. The van der Waals surface area contributed by atoms with Crippen LogP contribution < -0.4 is 16.0 Å². The minimum Gasteiger partial charge on any atom is -0.453 e. The van der Waals surface area contributed by atoms with E-state index in [1.807, 2.05) is 12.1 Å². The Kier molecular flexibility index (Phi) is 3.81. The second-order valence-corrected chi connectivity index (χ2v) is 4.69. The third-order valence-electron chi connectivity index (χ3n) is 3.01. The van der Waals surface area contributed by atoms with E-state index in [4.69, 9.17) is 17.3 Å². The number of rotatable bonds is 2. The molecule has 98 valence electrons. The number of benzene rings is 1. The van der Waals surface area contributed by atoms with Crippen molar-refractivity contribution >= 4 is 29.1 Å². The fourth-order valence-corrected chi connectivity index (χ4v) is 2.41. The lowest BCUT2D eigenvalue weighted by molar-refractivity contribution is 0.167. The number of halogens is 1. The number of nitrogens with zero attached hydrogens (tertiary/aromatic N) is 1. The second kappa shape index (κ2) is 5.35. The van der Waals surface area contributed by atoms with Gasteiger partial charge in [0.2, 0.25) is 0 Å². The summed E-state index contributed by atoms with van der Waals surface area (Å²) in [6.45, 7) is 1.57. The second-order valence-electron chi connectivity index (χ2n) is 4.28. The summed E-state index contributed by atoms with van der Waals surface area (Å²) in [5.74, 6) is 0. The van der Waals surface area contributed by atoms with Gasteiger partial charge >= 0.3 is 6.09 Å². The third-order valence-corrected chi connectivity index (χ3v) is 3.31. The van der Waals surface area contributed by atoms with E-state index in [0.29, 0.717) is 10.7 Å². The zero-order chi connectivity index (χ0) is 13.1. The van der Waals surface area contributed by atoms with Crippen LogP contribution in [0.5, 0.6) is 0 Å². The maximum absolute atomic E-state index is 11.1. The highest BCUT2D eigenvalue weighted by Gasteiger charge is 2.25. The summed E-state index contributed by atoms with van der Waals surface area (Å²) in [6, 6.07) is 5.55. The number of anilines is 2. The van der Waals surface area contributed by atoms with Gasteiger partial charge in [-0.15, -0.1) is 0 Å². The van der Waals surface area contributed by atoms with E-state index >= 15 is 0 Å². The van der Waals surface area contributed by atoms with Crippen LogP contribution in [0.2, 0.25) is 5.02 Å². The van der Waals surface area contributed by atoms with E-state index in [-0.39, 0.29) is 6.04 Å². The first-order valence-corrected chi connectivity index (χ1v) is 6.12. The highest BCUT2D eigenvalue weighted by molar-refractivity contribution is 6.33. The van der Waals surface area contributed by atoms with Gasteiger partial charge in [-0.3, -0.25) is 0 Å². The quantitative estimate of drug-likeness (QED) is 0.804. The molecule has 1 aliphatic heterocycles. The molecule has 5 nitrogen and oxygen atoms in total. The molecule has 0 aliphatic carbocycles. The Morgan fingerprint density at radius 3 is 3.06 bits per heavy atom. The molecule has 1 saturated heterocycles. The van der Waals surface area contributed by atoms with Gasteiger partial charge in [0.15, 0.2) is 0 Å². The number of hydrogen-bond donors (Lipinski definition) is 2. The van der Waals surface area contributed by atoms with Gasteiger partial charge in [0.1, 0.15) is 0 Å². The average molecular weight is 270 g/mol. The molecule has 3 N–H and O–H groups in total. The summed E-state index contributed by atoms with van der Waals surface area (Å²) < 4.78 is 4.58. The molecule has 0 saturated carbocycles. The van der Waals surface area contributed by atoms with Gasteiger partial charge in [-0.1, -0.05) is 11.6 Å². The van der Waals surface area contributed by atoms with E-state index < -0.39 is 6.09 Å². The molecule has 0 spiro atoms. The van der Waals surface area contributed by atoms with Crippen molar-refractivity contribution in [3.05, 3.63) is 23.2 Å². The molecule has 1 aromatic carbocycles. The van der Waals surface area contributed by atoms with E-state index in [2.05, 4.69) is 15.0 Å². The van der Waals surface area contributed by atoms with Gasteiger partial charge in [-0.25, -0.2) is 4.79 Å². The number of carbonyl (C=O) groups is 1. The molecule has 1 unspecified atom stereocenters. The fourth-order valence-electron chi connectivity index (χ4n) is 2.10. The van der Waals surface area contributed by atoms with Crippen molar-refractivity contribution in [3.8, 4) is 0 Å². The summed E-state index contributed by atoms with van der Waals surface area (Å²) in [5, 5.41) is 3.42. The summed E-state index contributed by atoms with van der Waals surface area (Å²) in [4.78, 5) is 13.3. The Bertz CT molecular complexity index is 453. The highest BCUT2D eigenvalue weighted by atomic mass is 35.5. The van der Waals surface area contributed by atoms with Gasteiger partial charge < -0.3 is 20.7 Å². The molecule has 1 atom stereocenters. The molecule has 2 rings (SSSR count). The van der Waals surface area contributed by atoms with Crippen molar-refractivity contribution in [3.63, 3.8) is 0 Å². The molecule has 0 radical (unpaired) electrons. The van der Waals surface area contributed by atoms with Crippen LogP contribution in [0.4, 0.5) is 16.2 Å². The van der Waals surface area contributed by atoms with Crippen molar-refractivity contribution in [2.24, 2.45) is 0 Å². The van der Waals surface area contributed by atoms with E-state index in [9.17, 15) is 4.79 Å². The van der Waals surface area contributed by atoms with Crippen molar-refractivity contribution in [1.29, 1.82) is 0 Å². The average Bonchev–Trinajstić information content (AvgIpc) is 2.77. The van der Waals surface area contributed by atoms with E-state index in [1.165, 1.54) is 7.11 Å². The highest BCUT2D eigenvalue weighted by Crippen LogP contribution is 2.30. The van der Waals surface area contributed by atoms with Crippen molar-refractivity contribution in [2.75, 3.05) is 30.8 Å². The normalized spacial score (nSPS) is 18.8. The number of amides is 1. The molecular weight excluding hydrogens is 254 g/mol. The number of hydrogen-bond acceptors (Lipinski definition) is 4. The number of methoxy groups -OCH3 is 1. The Balaban J connectivity index is 2.02. The van der Waals surface area contributed by atoms with Crippen LogP contribution >= 0.6 is 11.6 Å². The number of nitrogens with one attached hydrogen (secondary N) is 1. The largest absolute Gasteiger partial charge is 0.453 e. The first-order chi connectivity index (χ1) is 8.60. The van der Waals surface area contributed by atoms with Crippen molar-refractivity contribution < 1.29 is 9.53 Å². The summed E-state index contributed by atoms with van der Waals surface area (Å²) in [7, 11) is 1.36. The SMILES string of the molecule is COC(=O)NC1CCN(c2ccc(N)cc2Cl)C1. The Hall–Kier alpha value is -1.62. The van der Waals surface area contributed by atoms with Crippen LogP contribution in [0.1, 0.15) is 6.42 Å². The van der Waals surface area contributed by atoms with Crippen LogP contribution in [0.15, 0.2) is 18.2 Å². The van der Waals surface area contributed by atoms with E-state index in [0.717, 1.165) is 25.2 Å². The van der Waals surface area contributed by atoms with Crippen LogP contribution in [0, 0.1) is 0 Å². The van der Waals surface area contributed by atoms with E-state index in [1.54, 1.807) is 6.07 Å². The number of nitrogen functional groups attached to an aromatic ring is 1. The number of ether oxygens (including phenoxy) is 1. The molecule has 0 bridgehead atoms. The van der Waals surface area contributed by atoms with Gasteiger partial charge in [0.05, 0.1) is 23.9 Å². The summed E-state index contributed by atoms with van der Waals surface area (Å²) >= 11 is 6.16. The summed E-state index contributed by atoms with van der Waals surface area (Å²) in [5.41, 5.74) is 7.25. The molecule has 18 heavy (non-hydrogen) atoms. The minimum atomic E-state index is -0.398. The zero-order valence-electron chi connectivity index (χ0n) is 10.1. The smallest absolute Gasteiger partial charge is 0.407 e. The molecular formula is C12H16ClN3O2. The Labute approximate surface area is 111 Å². The third kappa shape index (κ3) is 2.79. The summed E-state index contributed by atoms with van der Waals surface area (Å²) in [6.07, 6.45) is 0.473. The molecule has 1 aliphatic rings. The van der Waals surface area contributed by atoms with Crippen LogP contribution in [-0.4, -0.2) is 32.3 Å². The lowest BCUT2D eigenvalue weighted by Gasteiger charge is -2.20. The van der Waals surface area contributed by atoms with Gasteiger partial charge in [-0.2, -0.15) is 0 Å². The fraction of sp³-hybridized carbons (Fsp3) is 0.417. The lowest BCUT2D eigenvalue weighted by Crippen LogP contribution is -2.37. The standard InChI is InChI=1S/C12H16ClN3O2/c1-18-12(17)15-9-4-5-16(7-9)11-3-2-8(14)6-10(11)13/h2-3,6,9H,4-5,7,14H2,1H3,(H,15,17). The van der Waals surface area contributed by atoms with Crippen molar-refractivity contribution in [1.82, 2.24) is 5.32 Å². The van der Waals surface area contributed by atoms with Crippen molar-refractivity contribution in [2.45, 2.75) is 12.5 Å². The molecule has 0 aromatic heterocycles. The maximum Gasteiger partial charge on any atom is 0.407 e. The molecule has 1 aromatic rings. The Morgan fingerprint density at radius 2 is 2.39 bits per heavy atom. The predicted molar refractivity (Wildman–Crippen MR) is 72.0 cm³/mol. The number of alkyl carbamates (subject to hydrolysis) is 1. The predicted octanol–water partition coefficient (Wildman–Crippen LogP) is 1.86. The maximum atomic E-state index is 11.1. The van der Waals surface area contributed by atoms with Crippen LogP contribution in [0.25, 0.3) is 0 Å². The molecule has 1 amide bonds.